The van der Waals surface area contributed by atoms with Gasteiger partial charge >= 0.3 is 17.9 Å². The molecular weight excluding hydrogens is 656 g/mol. The molecule has 1 aliphatic heterocycles. The number of ether oxygens (including phenoxy) is 3. The van der Waals surface area contributed by atoms with E-state index >= 15 is 0 Å². The average Bonchev–Trinajstić information content (AvgIpc) is 3.05. The molecule has 15 nitrogen and oxygen atoms in total. The van der Waals surface area contributed by atoms with Gasteiger partial charge in [0.15, 0.2) is 0 Å². The van der Waals surface area contributed by atoms with Gasteiger partial charge in [0.05, 0.1) is 58.4 Å². The Labute approximate surface area is 290 Å². The Bertz CT molecular complexity index is 1350. The zero-order valence-electron chi connectivity index (χ0n) is 27.7. The molecule has 1 fully saturated rings. The first kappa shape index (κ1) is 39.6. The number of rotatable bonds is 13. The maximum atomic E-state index is 11.6. The van der Waals surface area contributed by atoms with Crippen molar-refractivity contribution in [1.82, 2.24) is 24.6 Å². The van der Waals surface area contributed by atoms with Crippen LogP contribution in [-0.4, -0.2) is 163 Å². The molecule has 0 amide bonds. The number of nitriles is 1. The first-order valence-corrected chi connectivity index (χ1v) is 16.9. The van der Waals surface area contributed by atoms with Crippen LogP contribution >= 0.6 is 11.8 Å². The van der Waals surface area contributed by atoms with Gasteiger partial charge in [-0.15, -0.1) is 0 Å². The summed E-state index contributed by atoms with van der Waals surface area (Å²) in [5, 5.41) is 39.1. The Kier molecular flexibility index (Phi) is 18.4. The smallest absolute Gasteiger partial charge is 0.317 e. The first-order valence-electron chi connectivity index (χ1n) is 16.1. The van der Waals surface area contributed by atoms with Crippen molar-refractivity contribution in [3.8, 4) is 11.2 Å². The van der Waals surface area contributed by atoms with Crippen molar-refractivity contribution in [2.75, 3.05) is 105 Å². The number of hydrogen-bond donors (Lipinski definition) is 3. The number of carboxylic acids is 3. The van der Waals surface area contributed by atoms with Gasteiger partial charge in [-0.2, -0.15) is 5.26 Å². The molecule has 0 atom stereocenters. The fraction of sp³-hybridized carbons (Fsp3) is 0.545. The van der Waals surface area contributed by atoms with Crippen LogP contribution < -0.4 is 4.74 Å². The molecule has 1 saturated heterocycles. The van der Waals surface area contributed by atoms with Crippen molar-refractivity contribution >= 4 is 29.7 Å². The Hall–Kier alpha value is -3.82. The van der Waals surface area contributed by atoms with Crippen LogP contribution in [0, 0.1) is 10.7 Å². The highest BCUT2D eigenvalue weighted by atomic mass is 32.2. The molecule has 0 bridgehead atoms. The molecule has 2 aromatic rings. The van der Waals surface area contributed by atoms with Crippen LogP contribution in [0.1, 0.15) is 11.3 Å². The second-order valence-corrected chi connectivity index (χ2v) is 12.3. The van der Waals surface area contributed by atoms with Crippen LogP contribution in [0.2, 0.25) is 0 Å². The van der Waals surface area contributed by atoms with Gasteiger partial charge in [-0.05, 0) is 35.5 Å². The number of pyridine rings is 1. The van der Waals surface area contributed by atoms with E-state index in [1.54, 1.807) is 27.0 Å². The fourth-order valence-electron chi connectivity index (χ4n) is 5.12. The number of thioether (sulfide) groups is 1. The van der Waals surface area contributed by atoms with Gasteiger partial charge in [0, 0.05) is 82.5 Å². The summed E-state index contributed by atoms with van der Waals surface area (Å²) in [7, 11) is 0. The highest BCUT2D eigenvalue weighted by Gasteiger charge is 2.17. The third-order valence-electron chi connectivity index (χ3n) is 7.67. The Morgan fingerprint density at radius 1 is 0.755 bits per heavy atom. The minimum Gasteiger partial charge on any atom is -0.493 e. The molecule has 0 radical (unpaired) electrons. The van der Waals surface area contributed by atoms with Crippen LogP contribution in [0.3, 0.4) is 0 Å². The van der Waals surface area contributed by atoms with E-state index in [1.165, 1.54) is 0 Å². The quantitative estimate of drug-likeness (QED) is 0.200. The molecule has 268 valence electrons. The van der Waals surface area contributed by atoms with Crippen molar-refractivity contribution in [1.29, 1.82) is 5.26 Å². The first-order chi connectivity index (χ1) is 23.7. The van der Waals surface area contributed by atoms with E-state index in [0.717, 1.165) is 27.9 Å². The number of nitrogens with zero attached hydrogens (tertiary/aromatic N) is 6. The van der Waals surface area contributed by atoms with Gasteiger partial charge < -0.3 is 29.5 Å². The molecule has 16 heteroatoms. The van der Waals surface area contributed by atoms with Crippen molar-refractivity contribution < 1.29 is 43.9 Å². The normalized spacial score (nSPS) is 17.4. The van der Waals surface area contributed by atoms with E-state index in [2.05, 4.69) is 15.3 Å². The number of aromatic nitrogens is 1. The lowest BCUT2D eigenvalue weighted by Crippen LogP contribution is -2.43. The Balaban J connectivity index is 1.63. The van der Waals surface area contributed by atoms with Crippen LogP contribution in [0.15, 0.2) is 47.5 Å². The summed E-state index contributed by atoms with van der Waals surface area (Å²) in [5.74, 6) is -2.23. The maximum Gasteiger partial charge on any atom is 0.317 e. The molecule has 3 rings (SSSR count). The molecule has 0 aliphatic carbocycles. The van der Waals surface area contributed by atoms with Crippen molar-refractivity contribution in [3.05, 3.63) is 53.9 Å². The summed E-state index contributed by atoms with van der Waals surface area (Å²) in [5.41, 5.74) is 1.88. The zero-order chi connectivity index (χ0) is 35.3. The summed E-state index contributed by atoms with van der Waals surface area (Å²) in [6.07, 6.45) is 2.40. The van der Waals surface area contributed by atoms with Gasteiger partial charge in [0.2, 0.25) is 0 Å². The number of thiocyanates is 1. The summed E-state index contributed by atoms with van der Waals surface area (Å²) in [4.78, 5) is 47.2. The van der Waals surface area contributed by atoms with E-state index in [0.29, 0.717) is 84.3 Å². The third kappa shape index (κ3) is 17.4. The summed E-state index contributed by atoms with van der Waals surface area (Å²) < 4.78 is 17.7. The number of carbonyl (C=O) groups is 3. The monoisotopic (exact) mass is 702 g/mol. The number of aliphatic carboxylic acids is 3. The lowest BCUT2D eigenvalue weighted by molar-refractivity contribution is -0.140. The second-order valence-electron chi connectivity index (χ2n) is 11.4. The van der Waals surface area contributed by atoms with Crippen LogP contribution in [0.5, 0.6) is 5.75 Å². The van der Waals surface area contributed by atoms with Gasteiger partial charge in [0.25, 0.3) is 0 Å². The minimum absolute atomic E-state index is 0.153. The molecule has 1 aromatic heterocycles. The lowest BCUT2D eigenvalue weighted by atomic mass is 10.2. The molecule has 49 heavy (non-hydrogen) atoms. The Morgan fingerprint density at radius 3 is 1.73 bits per heavy atom. The molecule has 1 aromatic carbocycles. The summed E-state index contributed by atoms with van der Waals surface area (Å²) >= 11 is 1.12. The number of hydrogen-bond acceptors (Lipinski definition) is 13. The van der Waals surface area contributed by atoms with E-state index in [9.17, 15) is 29.7 Å². The molecule has 3 N–H and O–H groups in total. The van der Waals surface area contributed by atoms with Crippen molar-refractivity contribution in [2.45, 2.75) is 17.9 Å². The van der Waals surface area contributed by atoms with Crippen LogP contribution in [-0.2, 0) is 36.8 Å². The molecule has 2 heterocycles. The third-order valence-corrected chi connectivity index (χ3v) is 8.27. The molecule has 1 aliphatic rings. The summed E-state index contributed by atoms with van der Waals surface area (Å²) in [6.45, 7) is 4.82. The standard InChI is InChI=1S/C33H46N6O9S/c34-26-49-30-3-1-27(2-4-30)6-16-48-29-5-7-35-28(21-29)22-36-8-9-37(23-31(40)41)13-19-47-20-15-39(25-33(44)45)11-10-38(24-32(42)43)14-18-46-17-12-36/h1-5,7,21H,6,8-20,22-25H2,(H,40,41)(H,42,43)(H,44,45). The molecule has 0 spiro atoms. The van der Waals surface area contributed by atoms with Gasteiger partial charge in [-0.25, -0.2) is 0 Å². The highest BCUT2D eigenvalue weighted by molar-refractivity contribution is 8.03. The van der Waals surface area contributed by atoms with Crippen molar-refractivity contribution in [2.24, 2.45) is 0 Å². The maximum absolute atomic E-state index is 11.6. The van der Waals surface area contributed by atoms with Gasteiger partial charge in [-0.3, -0.25) is 39.0 Å². The predicted molar refractivity (Wildman–Crippen MR) is 180 cm³/mol. The topological polar surface area (TPSA) is 189 Å². The van der Waals surface area contributed by atoms with Gasteiger partial charge in [0.1, 0.15) is 11.2 Å². The summed E-state index contributed by atoms with van der Waals surface area (Å²) in [6, 6.07) is 11.5. The number of carboxylic acid groups (broad SMARTS) is 3. The number of benzene rings is 1. The predicted octanol–water partition coefficient (Wildman–Crippen LogP) is 1.28. The largest absolute Gasteiger partial charge is 0.493 e. The Morgan fingerprint density at radius 2 is 1.24 bits per heavy atom. The SMILES string of the molecule is N#CSc1ccc(CCOc2ccnc(CN3CCOCCN(CC(=O)O)CCN(CC(=O)O)CCOCCN(CC(=O)O)CC3)c2)cc1. The molecular formula is C33H46N6O9S. The van der Waals surface area contributed by atoms with E-state index in [1.807, 2.05) is 30.3 Å². The van der Waals surface area contributed by atoms with E-state index in [4.69, 9.17) is 19.5 Å². The molecule has 0 saturated carbocycles. The van der Waals surface area contributed by atoms with E-state index < -0.39 is 17.9 Å². The molecule has 0 unspecified atom stereocenters. The highest BCUT2D eigenvalue weighted by Crippen LogP contribution is 2.18. The minimum atomic E-state index is -0.989. The van der Waals surface area contributed by atoms with Gasteiger partial charge in [-0.1, -0.05) is 12.1 Å². The average molecular weight is 703 g/mol. The second kappa shape index (κ2) is 22.7. The van der Waals surface area contributed by atoms with E-state index in [-0.39, 0.29) is 39.5 Å². The van der Waals surface area contributed by atoms with Crippen molar-refractivity contribution in [3.63, 3.8) is 0 Å². The van der Waals surface area contributed by atoms with Crippen LogP contribution in [0.4, 0.5) is 0 Å². The van der Waals surface area contributed by atoms with Crippen LogP contribution in [0.25, 0.3) is 0 Å². The zero-order valence-corrected chi connectivity index (χ0v) is 28.5. The fourth-order valence-corrected chi connectivity index (χ4v) is 5.50. The lowest BCUT2D eigenvalue weighted by Gasteiger charge is -2.28.